The van der Waals surface area contributed by atoms with Crippen LogP contribution in [0, 0.1) is 0 Å². The van der Waals surface area contributed by atoms with Gasteiger partial charge in [0, 0.05) is 6.04 Å². The van der Waals surface area contributed by atoms with Crippen molar-refractivity contribution in [2.45, 2.75) is 57.4 Å². The first kappa shape index (κ1) is 17.3. The van der Waals surface area contributed by atoms with Gasteiger partial charge in [0.1, 0.15) is 0 Å². The minimum absolute atomic E-state index is 0.306. The molecule has 5 heteroatoms. The van der Waals surface area contributed by atoms with Crippen molar-refractivity contribution < 1.29 is 14.0 Å². The van der Waals surface area contributed by atoms with Crippen LogP contribution in [0.2, 0.25) is 0 Å². The van der Waals surface area contributed by atoms with Gasteiger partial charge in [-0.05, 0) is 57.8 Å². The molecule has 1 aromatic rings. The minimum atomic E-state index is -0.311. The zero-order valence-electron chi connectivity index (χ0n) is 15.9. The fraction of sp³-hybridized carbons (Fsp3) is 0.600. The Bertz CT molecular complexity index is 684. The molecule has 3 heterocycles. The number of likely N-dealkylation sites (N-methyl/N-ethyl adjacent to an activating group) is 1. The minimum Gasteiger partial charge on any atom is -0.399 e. The third-order valence-electron chi connectivity index (χ3n) is 6.33. The van der Waals surface area contributed by atoms with Crippen molar-refractivity contribution in [2.75, 3.05) is 20.3 Å². The lowest BCUT2D eigenvalue weighted by Crippen LogP contribution is -2.51. The van der Waals surface area contributed by atoms with Crippen LogP contribution in [0.4, 0.5) is 0 Å². The Kier molecular flexibility index (Phi) is 4.11. The molecule has 2 unspecified atom stereocenters. The van der Waals surface area contributed by atoms with Gasteiger partial charge in [0.2, 0.25) is 0 Å². The van der Waals surface area contributed by atoms with Crippen LogP contribution < -0.4 is 5.46 Å². The summed E-state index contributed by atoms with van der Waals surface area (Å²) in [6.45, 7) is 9.98. The molecular weight excluding hydrogens is 313 g/mol. The van der Waals surface area contributed by atoms with Crippen molar-refractivity contribution in [3.05, 3.63) is 35.9 Å². The van der Waals surface area contributed by atoms with Crippen LogP contribution >= 0.6 is 0 Å². The van der Waals surface area contributed by atoms with E-state index in [4.69, 9.17) is 14.0 Å². The van der Waals surface area contributed by atoms with Crippen molar-refractivity contribution >= 4 is 18.2 Å². The van der Waals surface area contributed by atoms with Gasteiger partial charge in [-0.2, -0.15) is 0 Å². The predicted molar refractivity (Wildman–Crippen MR) is 101 cm³/mol. The zero-order valence-corrected chi connectivity index (χ0v) is 15.9. The second-order valence-electron chi connectivity index (χ2n) is 8.53. The maximum atomic E-state index is 6.21. The van der Waals surface area contributed by atoms with E-state index >= 15 is 0 Å². The van der Waals surface area contributed by atoms with Gasteiger partial charge in [0.25, 0.3) is 0 Å². The van der Waals surface area contributed by atoms with Crippen molar-refractivity contribution in [1.29, 1.82) is 0 Å². The smallest absolute Gasteiger partial charge is 0.399 e. The van der Waals surface area contributed by atoms with E-state index in [9.17, 15) is 0 Å². The first-order valence-electron chi connectivity index (χ1n) is 9.23. The summed E-state index contributed by atoms with van der Waals surface area (Å²) >= 11 is 0. The third kappa shape index (κ3) is 2.97. The van der Waals surface area contributed by atoms with Crippen LogP contribution in [0.1, 0.15) is 39.7 Å². The largest absolute Gasteiger partial charge is 0.494 e. The maximum Gasteiger partial charge on any atom is 0.494 e. The summed E-state index contributed by atoms with van der Waals surface area (Å²) < 4.78 is 18.1. The molecule has 0 saturated carbocycles. The highest BCUT2D eigenvalue weighted by Gasteiger charge is 2.51. The van der Waals surface area contributed by atoms with E-state index in [1.165, 1.54) is 11.1 Å². The van der Waals surface area contributed by atoms with Crippen molar-refractivity contribution in [3.63, 3.8) is 0 Å². The fourth-order valence-electron chi connectivity index (χ4n) is 3.83. The quantitative estimate of drug-likeness (QED) is 0.774. The summed E-state index contributed by atoms with van der Waals surface area (Å²) in [7, 11) is 1.89. The molecule has 3 aliphatic heterocycles. The Labute approximate surface area is 151 Å². The van der Waals surface area contributed by atoms with Crippen molar-refractivity contribution in [3.8, 4) is 0 Å². The number of morpholine rings is 1. The molecule has 2 atom stereocenters. The molecule has 4 nitrogen and oxygen atoms in total. The molecule has 0 amide bonds. The normalized spacial score (nSPS) is 31.1. The maximum absolute atomic E-state index is 6.21. The molecule has 3 aliphatic rings. The van der Waals surface area contributed by atoms with Crippen LogP contribution in [-0.4, -0.2) is 55.6 Å². The Morgan fingerprint density at radius 1 is 1.08 bits per heavy atom. The Morgan fingerprint density at radius 2 is 1.80 bits per heavy atom. The van der Waals surface area contributed by atoms with Gasteiger partial charge in [-0.1, -0.05) is 30.3 Å². The van der Waals surface area contributed by atoms with Crippen LogP contribution in [0.3, 0.4) is 0 Å². The van der Waals surface area contributed by atoms with Gasteiger partial charge in [-0.3, -0.25) is 4.90 Å². The first-order chi connectivity index (χ1) is 11.8. The van der Waals surface area contributed by atoms with Crippen LogP contribution in [0.5, 0.6) is 0 Å². The fourth-order valence-corrected chi connectivity index (χ4v) is 3.83. The van der Waals surface area contributed by atoms with Gasteiger partial charge in [-0.15, -0.1) is 0 Å². The van der Waals surface area contributed by atoms with Gasteiger partial charge < -0.3 is 14.0 Å². The standard InChI is InChI=1S/C20H28BNO3/c1-19(2)20(3,4)25-21(24-19)16-8-6-7-14(9-16)15-10-17-12-23-13-18(11-15)22(17)5/h6-10,17-18H,11-13H2,1-5H3. The topological polar surface area (TPSA) is 30.9 Å². The van der Waals surface area contributed by atoms with E-state index in [0.717, 1.165) is 25.1 Å². The summed E-state index contributed by atoms with van der Waals surface area (Å²) in [4.78, 5) is 2.44. The molecular formula is C20H28BNO3. The molecule has 4 rings (SSSR count). The average Bonchev–Trinajstić information content (AvgIpc) is 2.75. The molecule has 134 valence electrons. The van der Waals surface area contributed by atoms with Gasteiger partial charge in [0.05, 0.1) is 30.5 Å². The SMILES string of the molecule is CN1C2C=C(c3cccc(B4OC(C)(C)C(C)(C)O4)c3)CC1COC2. The van der Waals surface area contributed by atoms with E-state index in [0.29, 0.717) is 12.1 Å². The molecule has 1 aromatic carbocycles. The summed E-state index contributed by atoms with van der Waals surface area (Å²) in [5.74, 6) is 0. The van der Waals surface area contributed by atoms with Crippen LogP contribution in [0.25, 0.3) is 5.57 Å². The van der Waals surface area contributed by atoms with Gasteiger partial charge in [0.15, 0.2) is 0 Å². The van der Waals surface area contributed by atoms with E-state index in [-0.39, 0.29) is 18.3 Å². The Hall–Kier alpha value is -1.14. The molecule has 0 aliphatic carbocycles. The molecule has 2 saturated heterocycles. The molecule has 0 spiro atoms. The summed E-state index contributed by atoms with van der Waals surface area (Å²) in [6, 6.07) is 9.49. The van der Waals surface area contributed by atoms with Crippen molar-refractivity contribution in [2.24, 2.45) is 0 Å². The second-order valence-corrected chi connectivity index (χ2v) is 8.53. The Morgan fingerprint density at radius 3 is 2.48 bits per heavy atom. The van der Waals surface area contributed by atoms with E-state index in [2.05, 4.69) is 70.0 Å². The second kappa shape index (κ2) is 5.95. The van der Waals surface area contributed by atoms with E-state index < -0.39 is 0 Å². The number of nitrogens with zero attached hydrogens (tertiary/aromatic N) is 1. The highest BCUT2D eigenvalue weighted by atomic mass is 16.7. The van der Waals surface area contributed by atoms with Crippen LogP contribution in [-0.2, 0) is 14.0 Å². The van der Waals surface area contributed by atoms with Gasteiger partial charge >= 0.3 is 7.12 Å². The number of rotatable bonds is 2. The monoisotopic (exact) mass is 341 g/mol. The molecule has 0 radical (unpaired) electrons. The lowest BCUT2D eigenvalue weighted by Gasteiger charge is -2.42. The number of fused-ring (bicyclic) bond motifs is 2. The molecule has 2 bridgehead atoms. The van der Waals surface area contributed by atoms with E-state index in [1.54, 1.807) is 0 Å². The van der Waals surface area contributed by atoms with Crippen LogP contribution in [0.15, 0.2) is 30.3 Å². The average molecular weight is 341 g/mol. The summed E-state index contributed by atoms with van der Waals surface area (Å²) in [6.07, 6.45) is 3.39. The lowest BCUT2D eigenvalue weighted by molar-refractivity contribution is -0.0221. The molecule has 2 fully saturated rings. The summed E-state index contributed by atoms with van der Waals surface area (Å²) in [5.41, 5.74) is 3.16. The number of hydrogen-bond donors (Lipinski definition) is 0. The molecule has 0 N–H and O–H groups in total. The molecule has 0 aromatic heterocycles. The lowest BCUT2D eigenvalue weighted by atomic mass is 9.77. The summed E-state index contributed by atoms with van der Waals surface area (Å²) in [5, 5.41) is 0. The van der Waals surface area contributed by atoms with E-state index in [1.807, 2.05) is 0 Å². The highest BCUT2D eigenvalue weighted by Crippen LogP contribution is 2.37. The molecule has 25 heavy (non-hydrogen) atoms. The first-order valence-corrected chi connectivity index (χ1v) is 9.23. The zero-order chi connectivity index (χ0) is 17.8. The highest BCUT2D eigenvalue weighted by molar-refractivity contribution is 6.62. The predicted octanol–water partition coefficient (Wildman–Crippen LogP) is 2.47. The van der Waals surface area contributed by atoms with Crippen molar-refractivity contribution in [1.82, 2.24) is 4.90 Å². The number of benzene rings is 1. The number of ether oxygens (including phenoxy) is 1. The van der Waals surface area contributed by atoms with Gasteiger partial charge in [-0.25, -0.2) is 0 Å². The Balaban J connectivity index is 1.61. The third-order valence-corrected chi connectivity index (χ3v) is 6.33. The number of hydrogen-bond acceptors (Lipinski definition) is 4.